The molecule has 0 spiro atoms. The molecule has 2 rings (SSSR count). The highest BCUT2D eigenvalue weighted by Gasteiger charge is 2.44. The normalized spacial score (nSPS) is 17.1. The van der Waals surface area contributed by atoms with Crippen LogP contribution in [0, 0.1) is 0 Å². The van der Waals surface area contributed by atoms with Crippen LogP contribution in [0.4, 0.5) is 8.78 Å². The predicted octanol–water partition coefficient (Wildman–Crippen LogP) is 3.40. The Morgan fingerprint density at radius 3 is 2.64 bits per heavy atom. The minimum Gasteiger partial charge on any atom is -0.395 e. The van der Waals surface area contributed by atoms with Crippen molar-refractivity contribution in [3.63, 3.8) is 0 Å². The molecule has 0 bridgehead atoms. The summed E-state index contributed by atoms with van der Waals surface area (Å²) in [4.78, 5) is 0. The number of halogens is 4. The Hall–Kier alpha value is -0.740. The summed E-state index contributed by atoms with van der Waals surface area (Å²) in [6.07, 6.45) is -3.63. The quantitative estimate of drug-likeness (QED) is 0.701. The average molecular weight is 241 g/mol. The minimum absolute atomic E-state index is 0.0301. The molecule has 1 aliphatic heterocycles. The van der Waals surface area contributed by atoms with Gasteiger partial charge in [-0.3, -0.25) is 0 Å². The standard InChI is InChI=1S/C8H4Cl2F2O2/c9-3-4-1-5(10)2-6-7(4)14-8(11,12)13-6/h1-2H,3H2. The van der Waals surface area contributed by atoms with Gasteiger partial charge in [-0.15, -0.1) is 20.4 Å². The zero-order chi connectivity index (χ0) is 10.3. The lowest BCUT2D eigenvalue weighted by Crippen LogP contribution is -2.26. The van der Waals surface area contributed by atoms with E-state index in [1.54, 1.807) is 0 Å². The Labute approximate surface area is 88.3 Å². The minimum atomic E-state index is -3.63. The molecule has 0 saturated heterocycles. The lowest BCUT2D eigenvalue weighted by molar-refractivity contribution is -0.286. The first-order chi connectivity index (χ1) is 6.52. The highest BCUT2D eigenvalue weighted by molar-refractivity contribution is 6.31. The molecule has 0 N–H and O–H groups in total. The van der Waals surface area contributed by atoms with Crippen molar-refractivity contribution in [2.75, 3.05) is 0 Å². The molecular weight excluding hydrogens is 237 g/mol. The first-order valence-corrected chi connectivity index (χ1v) is 4.57. The van der Waals surface area contributed by atoms with Crippen molar-refractivity contribution in [3.8, 4) is 11.5 Å². The van der Waals surface area contributed by atoms with Gasteiger partial charge >= 0.3 is 6.29 Å². The lowest BCUT2D eigenvalue weighted by Gasteiger charge is -2.05. The molecule has 0 fully saturated rings. The van der Waals surface area contributed by atoms with E-state index >= 15 is 0 Å². The number of hydrogen-bond donors (Lipinski definition) is 0. The van der Waals surface area contributed by atoms with E-state index in [2.05, 4.69) is 9.47 Å². The number of hydrogen-bond acceptors (Lipinski definition) is 2. The van der Waals surface area contributed by atoms with Crippen LogP contribution in [0.2, 0.25) is 5.02 Å². The second-order valence-electron chi connectivity index (χ2n) is 2.69. The molecule has 2 nitrogen and oxygen atoms in total. The first kappa shape index (κ1) is 9.80. The number of ether oxygens (including phenoxy) is 2. The smallest absolute Gasteiger partial charge is 0.395 e. The van der Waals surface area contributed by atoms with E-state index in [-0.39, 0.29) is 22.4 Å². The molecule has 14 heavy (non-hydrogen) atoms. The molecule has 0 saturated carbocycles. The lowest BCUT2D eigenvalue weighted by atomic mass is 10.2. The molecule has 0 unspecified atom stereocenters. The van der Waals surface area contributed by atoms with Gasteiger partial charge in [0.05, 0.1) is 5.88 Å². The zero-order valence-electron chi connectivity index (χ0n) is 6.69. The van der Waals surface area contributed by atoms with Crippen molar-refractivity contribution in [2.24, 2.45) is 0 Å². The Balaban J connectivity index is 2.50. The number of benzene rings is 1. The molecule has 0 aromatic heterocycles. The maximum atomic E-state index is 12.7. The van der Waals surface area contributed by atoms with E-state index in [0.29, 0.717) is 5.56 Å². The fourth-order valence-corrected chi connectivity index (χ4v) is 1.61. The van der Waals surface area contributed by atoms with Crippen LogP contribution in [0.5, 0.6) is 11.5 Å². The number of fused-ring (bicyclic) bond motifs is 1. The van der Waals surface area contributed by atoms with Gasteiger partial charge in [-0.1, -0.05) is 11.6 Å². The molecule has 1 aromatic carbocycles. The highest BCUT2D eigenvalue weighted by Crippen LogP contribution is 2.45. The summed E-state index contributed by atoms with van der Waals surface area (Å²) in [7, 11) is 0. The summed E-state index contributed by atoms with van der Waals surface area (Å²) in [6, 6.07) is 2.71. The molecule has 1 aliphatic rings. The van der Waals surface area contributed by atoms with E-state index in [0.717, 1.165) is 0 Å². The van der Waals surface area contributed by atoms with Crippen LogP contribution in [0.1, 0.15) is 5.56 Å². The van der Waals surface area contributed by atoms with Crippen LogP contribution in [-0.4, -0.2) is 6.29 Å². The van der Waals surface area contributed by atoms with Crippen LogP contribution < -0.4 is 9.47 Å². The largest absolute Gasteiger partial charge is 0.586 e. The third-order valence-corrected chi connectivity index (χ3v) is 2.20. The van der Waals surface area contributed by atoms with Crippen molar-refractivity contribution in [3.05, 3.63) is 22.7 Å². The second kappa shape index (κ2) is 3.14. The van der Waals surface area contributed by atoms with Crippen LogP contribution in [0.15, 0.2) is 12.1 Å². The van der Waals surface area contributed by atoms with Gasteiger partial charge in [-0.05, 0) is 6.07 Å². The molecule has 76 valence electrons. The highest BCUT2D eigenvalue weighted by atomic mass is 35.5. The second-order valence-corrected chi connectivity index (χ2v) is 3.40. The molecule has 0 radical (unpaired) electrons. The Bertz CT molecular complexity index is 382. The van der Waals surface area contributed by atoms with Gasteiger partial charge in [0.1, 0.15) is 0 Å². The summed E-state index contributed by atoms with van der Waals surface area (Å²) < 4.78 is 33.8. The van der Waals surface area contributed by atoms with Crippen LogP contribution in [0.3, 0.4) is 0 Å². The average Bonchev–Trinajstić information content (AvgIpc) is 2.37. The topological polar surface area (TPSA) is 18.5 Å². The number of alkyl halides is 3. The molecule has 6 heteroatoms. The van der Waals surface area contributed by atoms with Crippen LogP contribution >= 0.6 is 23.2 Å². The van der Waals surface area contributed by atoms with Gasteiger partial charge in [-0.2, -0.15) is 0 Å². The van der Waals surface area contributed by atoms with Crippen LogP contribution in [-0.2, 0) is 5.88 Å². The van der Waals surface area contributed by atoms with Crippen molar-refractivity contribution in [2.45, 2.75) is 12.2 Å². The van der Waals surface area contributed by atoms with E-state index < -0.39 is 6.29 Å². The fourth-order valence-electron chi connectivity index (χ4n) is 1.18. The Morgan fingerprint density at radius 2 is 2.00 bits per heavy atom. The Kier molecular flexibility index (Phi) is 2.20. The van der Waals surface area contributed by atoms with E-state index in [1.165, 1.54) is 12.1 Å². The molecule has 0 amide bonds. The maximum Gasteiger partial charge on any atom is 0.586 e. The van der Waals surface area contributed by atoms with Gasteiger partial charge in [0.15, 0.2) is 11.5 Å². The van der Waals surface area contributed by atoms with Gasteiger partial charge in [-0.25, -0.2) is 0 Å². The number of rotatable bonds is 1. The van der Waals surface area contributed by atoms with Crippen LogP contribution in [0.25, 0.3) is 0 Å². The van der Waals surface area contributed by atoms with Crippen molar-refractivity contribution in [1.29, 1.82) is 0 Å². The summed E-state index contributed by atoms with van der Waals surface area (Å²) in [6.45, 7) is 0. The summed E-state index contributed by atoms with van der Waals surface area (Å²) >= 11 is 11.2. The maximum absolute atomic E-state index is 12.7. The van der Waals surface area contributed by atoms with E-state index in [4.69, 9.17) is 23.2 Å². The van der Waals surface area contributed by atoms with Gasteiger partial charge in [0.25, 0.3) is 0 Å². The van der Waals surface area contributed by atoms with Crippen molar-refractivity contribution >= 4 is 23.2 Å². The first-order valence-electron chi connectivity index (χ1n) is 3.66. The molecule has 0 aliphatic carbocycles. The molecule has 1 heterocycles. The van der Waals surface area contributed by atoms with Crippen molar-refractivity contribution < 1.29 is 18.3 Å². The molecule has 0 atom stereocenters. The van der Waals surface area contributed by atoms with Crippen molar-refractivity contribution in [1.82, 2.24) is 0 Å². The Morgan fingerprint density at radius 1 is 1.29 bits per heavy atom. The molecular formula is C8H4Cl2F2O2. The SMILES string of the molecule is FC1(F)Oc2cc(Cl)cc(CCl)c2O1. The molecule has 1 aromatic rings. The third-order valence-electron chi connectivity index (χ3n) is 1.69. The fraction of sp³-hybridized carbons (Fsp3) is 0.250. The van der Waals surface area contributed by atoms with Gasteiger partial charge in [0.2, 0.25) is 0 Å². The third kappa shape index (κ3) is 1.60. The zero-order valence-corrected chi connectivity index (χ0v) is 8.20. The van der Waals surface area contributed by atoms with E-state index in [9.17, 15) is 8.78 Å². The summed E-state index contributed by atoms with van der Waals surface area (Å²) in [5, 5.41) is 0.278. The monoisotopic (exact) mass is 240 g/mol. The van der Waals surface area contributed by atoms with Gasteiger partial charge in [0, 0.05) is 16.7 Å². The summed E-state index contributed by atoms with van der Waals surface area (Å²) in [5.74, 6) is -0.102. The summed E-state index contributed by atoms with van der Waals surface area (Å²) in [5.41, 5.74) is 0.381. The predicted molar refractivity (Wildman–Crippen MR) is 47.2 cm³/mol. The van der Waals surface area contributed by atoms with E-state index in [1.807, 2.05) is 0 Å². The van der Waals surface area contributed by atoms with Gasteiger partial charge < -0.3 is 9.47 Å².